The van der Waals surface area contributed by atoms with Gasteiger partial charge in [0.1, 0.15) is 0 Å². The Morgan fingerprint density at radius 1 is 1.06 bits per heavy atom. The number of aromatic nitrogens is 6. The summed E-state index contributed by atoms with van der Waals surface area (Å²) in [6.45, 7) is 8.22. The van der Waals surface area contributed by atoms with Crippen molar-refractivity contribution in [2.45, 2.75) is 46.1 Å². The first kappa shape index (κ1) is 22.2. The minimum absolute atomic E-state index is 0.200. The first-order valence-electron chi connectivity index (χ1n) is 11.8. The Morgan fingerprint density at radius 2 is 1.88 bits per heavy atom. The van der Waals surface area contributed by atoms with Crippen molar-refractivity contribution < 1.29 is 4.79 Å². The van der Waals surface area contributed by atoms with Crippen LogP contribution in [0.1, 0.15) is 34.8 Å². The van der Waals surface area contributed by atoms with Gasteiger partial charge in [0, 0.05) is 37.8 Å². The van der Waals surface area contributed by atoms with E-state index in [-0.39, 0.29) is 11.9 Å². The van der Waals surface area contributed by atoms with Gasteiger partial charge >= 0.3 is 0 Å². The third-order valence-corrected chi connectivity index (χ3v) is 6.58. The van der Waals surface area contributed by atoms with Gasteiger partial charge in [0.2, 0.25) is 5.91 Å². The lowest BCUT2D eigenvalue weighted by atomic mass is 10.0. The minimum Gasteiger partial charge on any atom is -0.340 e. The maximum Gasteiger partial charge on any atom is 0.223 e. The van der Waals surface area contributed by atoms with Crippen molar-refractivity contribution in [1.82, 2.24) is 39.8 Å². The highest BCUT2D eigenvalue weighted by molar-refractivity contribution is 5.76. The molecule has 1 aromatic carbocycles. The molecular formula is C25H30N8O. The minimum atomic E-state index is 0.200. The topological polar surface area (TPSA) is 93.2 Å². The summed E-state index contributed by atoms with van der Waals surface area (Å²) in [5, 5.41) is 21.1. The fourth-order valence-electron chi connectivity index (χ4n) is 4.74. The molecule has 0 spiro atoms. The van der Waals surface area contributed by atoms with Gasteiger partial charge in [0.15, 0.2) is 17.3 Å². The highest BCUT2D eigenvalue weighted by atomic mass is 16.2. The average Bonchev–Trinajstić information content (AvgIpc) is 3.36. The quantitative estimate of drug-likeness (QED) is 0.476. The van der Waals surface area contributed by atoms with Gasteiger partial charge in [-0.25, -0.2) is 4.68 Å². The molecule has 9 nitrogen and oxygen atoms in total. The van der Waals surface area contributed by atoms with Crippen LogP contribution in [-0.4, -0.2) is 66.1 Å². The van der Waals surface area contributed by atoms with Gasteiger partial charge < -0.3 is 10.2 Å². The molecule has 4 heterocycles. The number of nitrogens with one attached hydrogen (secondary N) is 1. The van der Waals surface area contributed by atoms with Crippen molar-refractivity contribution in [3.05, 3.63) is 70.8 Å². The number of hydrogen-bond donors (Lipinski definition) is 1. The van der Waals surface area contributed by atoms with Crippen LogP contribution in [0.3, 0.4) is 0 Å². The summed E-state index contributed by atoms with van der Waals surface area (Å²) in [4.78, 5) is 15.1. The largest absolute Gasteiger partial charge is 0.340 e. The highest BCUT2D eigenvalue weighted by Gasteiger charge is 2.24. The molecule has 1 aliphatic heterocycles. The third-order valence-electron chi connectivity index (χ3n) is 6.58. The van der Waals surface area contributed by atoms with Crippen LogP contribution in [0.15, 0.2) is 42.5 Å². The Morgan fingerprint density at radius 3 is 2.71 bits per heavy atom. The first-order chi connectivity index (χ1) is 16.5. The SMILES string of the molecule is Cc1nn(-c2ccc3nnc(C)n3n2)c(C)c1CCC(=O)N1CCNC(Cc2ccccc2)C1. The summed E-state index contributed by atoms with van der Waals surface area (Å²) < 4.78 is 3.56. The van der Waals surface area contributed by atoms with Crippen molar-refractivity contribution in [2.24, 2.45) is 0 Å². The van der Waals surface area contributed by atoms with Gasteiger partial charge in [-0.15, -0.1) is 15.3 Å². The van der Waals surface area contributed by atoms with Crippen molar-refractivity contribution in [3.63, 3.8) is 0 Å². The lowest BCUT2D eigenvalue weighted by molar-refractivity contribution is -0.132. The van der Waals surface area contributed by atoms with Gasteiger partial charge in [-0.1, -0.05) is 30.3 Å². The second-order valence-corrected chi connectivity index (χ2v) is 8.95. The van der Waals surface area contributed by atoms with E-state index in [9.17, 15) is 4.79 Å². The van der Waals surface area contributed by atoms with E-state index in [2.05, 4.69) is 44.9 Å². The molecule has 1 N–H and O–H groups in total. The van der Waals surface area contributed by atoms with Crippen molar-refractivity contribution in [1.29, 1.82) is 0 Å². The molecule has 1 saturated heterocycles. The molecule has 34 heavy (non-hydrogen) atoms. The van der Waals surface area contributed by atoms with E-state index in [1.807, 2.05) is 48.6 Å². The number of carbonyl (C=O) groups is 1. The van der Waals surface area contributed by atoms with Gasteiger partial charge in [-0.05, 0) is 56.9 Å². The summed E-state index contributed by atoms with van der Waals surface area (Å²) in [5.74, 6) is 1.64. The molecule has 0 bridgehead atoms. The van der Waals surface area contributed by atoms with Crippen LogP contribution in [-0.2, 0) is 17.6 Å². The Kier molecular flexibility index (Phi) is 6.10. The van der Waals surface area contributed by atoms with E-state index in [1.165, 1.54) is 5.56 Å². The predicted octanol–water partition coefficient (Wildman–Crippen LogP) is 2.21. The molecule has 1 unspecified atom stereocenters. The normalized spacial score (nSPS) is 16.3. The lowest BCUT2D eigenvalue weighted by Crippen LogP contribution is -2.53. The van der Waals surface area contributed by atoms with Gasteiger partial charge in [-0.2, -0.15) is 9.61 Å². The zero-order chi connectivity index (χ0) is 23.7. The van der Waals surface area contributed by atoms with Crippen molar-refractivity contribution >= 4 is 11.6 Å². The summed E-state index contributed by atoms with van der Waals surface area (Å²) in [5.41, 5.74) is 5.03. The number of rotatable bonds is 6. The third kappa shape index (κ3) is 4.43. The molecule has 1 fully saturated rings. The molecule has 0 radical (unpaired) electrons. The number of piperazine rings is 1. The number of carbonyl (C=O) groups excluding carboxylic acids is 1. The van der Waals surface area contributed by atoms with Gasteiger partial charge in [0.25, 0.3) is 0 Å². The summed E-state index contributed by atoms with van der Waals surface area (Å²) in [6.07, 6.45) is 2.07. The maximum absolute atomic E-state index is 13.1. The molecule has 9 heteroatoms. The molecule has 1 amide bonds. The molecule has 4 aromatic rings. The average molecular weight is 459 g/mol. The second kappa shape index (κ2) is 9.34. The molecule has 5 rings (SSSR count). The van der Waals surface area contributed by atoms with E-state index in [1.54, 1.807) is 4.52 Å². The molecule has 176 valence electrons. The van der Waals surface area contributed by atoms with Crippen LogP contribution in [0.4, 0.5) is 0 Å². The molecule has 0 saturated carbocycles. The van der Waals surface area contributed by atoms with Crippen molar-refractivity contribution in [3.8, 4) is 5.82 Å². The van der Waals surface area contributed by atoms with Gasteiger partial charge in [-0.3, -0.25) is 4.79 Å². The van der Waals surface area contributed by atoms with E-state index < -0.39 is 0 Å². The number of amides is 1. The number of nitrogens with zero attached hydrogens (tertiary/aromatic N) is 7. The van der Waals surface area contributed by atoms with Crippen LogP contribution in [0, 0.1) is 20.8 Å². The number of hydrogen-bond acceptors (Lipinski definition) is 6. The molecular weight excluding hydrogens is 428 g/mol. The number of aryl methyl sites for hydroxylation is 2. The van der Waals surface area contributed by atoms with Crippen LogP contribution in [0.5, 0.6) is 0 Å². The number of benzene rings is 1. The highest BCUT2D eigenvalue weighted by Crippen LogP contribution is 2.20. The predicted molar refractivity (Wildman–Crippen MR) is 129 cm³/mol. The second-order valence-electron chi connectivity index (χ2n) is 8.95. The van der Waals surface area contributed by atoms with Crippen LogP contribution >= 0.6 is 0 Å². The summed E-state index contributed by atoms with van der Waals surface area (Å²) in [6, 6.07) is 14.5. The molecule has 1 aliphatic rings. The smallest absolute Gasteiger partial charge is 0.223 e. The van der Waals surface area contributed by atoms with E-state index in [4.69, 9.17) is 5.10 Å². The Hall–Kier alpha value is -3.59. The zero-order valence-corrected chi connectivity index (χ0v) is 19.9. The fourth-order valence-corrected chi connectivity index (χ4v) is 4.74. The van der Waals surface area contributed by atoms with E-state index >= 15 is 0 Å². The zero-order valence-electron chi connectivity index (χ0n) is 19.9. The van der Waals surface area contributed by atoms with Crippen molar-refractivity contribution in [2.75, 3.05) is 19.6 Å². The molecule has 1 atom stereocenters. The van der Waals surface area contributed by atoms with Crippen LogP contribution in [0.25, 0.3) is 11.5 Å². The Balaban J connectivity index is 1.25. The fraction of sp³-hybridized carbons (Fsp3) is 0.400. The summed E-state index contributed by atoms with van der Waals surface area (Å²) in [7, 11) is 0. The standard InChI is InChI=1S/C25H30N8O/c1-17-22(18(2)32(29-17)24-11-10-23-28-27-19(3)33(23)30-24)9-12-25(34)31-14-13-26-21(16-31)15-20-7-5-4-6-8-20/h4-8,10-11,21,26H,9,12-16H2,1-3H3. The van der Waals surface area contributed by atoms with Crippen LogP contribution < -0.4 is 5.32 Å². The van der Waals surface area contributed by atoms with E-state index in [0.29, 0.717) is 24.3 Å². The first-order valence-corrected chi connectivity index (χ1v) is 11.8. The lowest BCUT2D eigenvalue weighted by Gasteiger charge is -2.34. The Labute approximate surface area is 198 Å². The maximum atomic E-state index is 13.1. The van der Waals surface area contributed by atoms with E-state index in [0.717, 1.165) is 48.8 Å². The van der Waals surface area contributed by atoms with Crippen LogP contribution in [0.2, 0.25) is 0 Å². The molecule has 0 aliphatic carbocycles. The Bertz CT molecular complexity index is 1310. The monoisotopic (exact) mass is 458 g/mol. The summed E-state index contributed by atoms with van der Waals surface area (Å²) >= 11 is 0. The molecule has 3 aromatic heterocycles. The number of fused-ring (bicyclic) bond motifs is 1. The van der Waals surface area contributed by atoms with Gasteiger partial charge in [0.05, 0.1) is 5.69 Å².